The highest BCUT2D eigenvalue weighted by atomic mass is 35.5. The van der Waals surface area contributed by atoms with E-state index in [4.69, 9.17) is 16.3 Å². The van der Waals surface area contributed by atoms with Gasteiger partial charge in [-0.2, -0.15) is 0 Å². The van der Waals surface area contributed by atoms with E-state index in [-0.39, 0.29) is 5.60 Å². The zero-order valence-corrected chi connectivity index (χ0v) is 16.5. The van der Waals surface area contributed by atoms with Crippen molar-refractivity contribution in [2.24, 2.45) is 0 Å². The molecule has 2 nitrogen and oxygen atoms in total. The number of ether oxygens (including phenoxy) is 1. The van der Waals surface area contributed by atoms with Crippen LogP contribution in [0.2, 0.25) is 5.02 Å². The maximum absolute atomic E-state index is 6.41. The average Bonchev–Trinajstić information content (AvgIpc) is 2.54. The van der Waals surface area contributed by atoms with Crippen molar-refractivity contribution in [1.82, 2.24) is 5.32 Å². The summed E-state index contributed by atoms with van der Waals surface area (Å²) in [5, 5.41) is 3.93. The van der Waals surface area contributed by atoms with Crippen LogP contribution in [0.3, 0.4) is 0 Å². The van der Waals surface area contributed by atoms with Crippen LogP contribution in [0.25, 0.3) is 0 Å². The van der Waals surface area contributed by atoms with Crippen molar-refractivity contribution < 1.29 is 4.74 Å². The van der Waals surface area contributed by atoms with Gasteiger partial charge < -0.3 is 10.1 Å². The van der Waals surface area contributed by atoms with Crippen LogP contribution >= 0.6 is 11.6 Å². The van der Waals surface area contributed by atoms with Crippen LogP contribution in [0.1, 0.15) is 65.4 Å². The van der Waals surface area contributed by atoms with Gasteiger partial charge in [-0.05, 0) is 69.0 Å². The summed E-state index contributed by atoms with van der Waals surface area (Å²) in [6, 6.07) is 5.94. The third kappa shape index (κ3) is 6.24. The number of hydrogen-bond donors (Lipinski definition) is 1. The Bertz CT molecular complexity index is 567. The SMILES string of the molecule is C=CNCC(C)(CC)Oc1ccc(Cl)cc1C(C)C/C(C)=C\CC. The van der Waals surface area contributed by atoms with Gasteiger partial charge in [-0.15, -0.1) is 0 Å². The molecule has 0 radical (unpaired) electrons. The Balaban J connectivity index is 3.07. The molecule has 0 aliphatic rings. The summed E-state index contributed by atoms with van der Waals surface area (Å²) in [7, 11) is 0. The molecular formula is C21H32ClNO. The Kier molecular flexibility index (Phi) is 8.41. The molecule has 1 rings (SSSR count). The molecule has 0 spiro atoms. The van der Waals surface area contributed by atoms with Gasteiger partial charge in [0.05, 0.1) is 6.54 Å². The highest BCUT2D eigenvalue weighted by molar-refractivity contribution is 6.30. The Morgan fingerprint density at radius 3 is 2.71 bits per heavy atom. The molecule has 0 aliphatic heterocycles. The van der Waals surface area contributed by atoms with E-state index < -0.39 is 0 Å². The normalized spacial score (nSPS) is 15.5. The van der Waals surface area contributed by atoms with Crippen molar-refractivity contribution in [3.05, 3.63) is 53.2 Å². The minimum atomic E-state index is -0.287. The molecular weight excluding hydrogens is 318 g/mol. The standard InChI is InChI=1S/C21H32ClNO/c1-7-10-16(4)13-17(5)19-14-18(22)11-12-20(19)24-21(6,8-2)15-23-9-3/h9-12,14,17,23H,3,7-8,13,15H2,1-2,4-6H3/b16-10-. The van der Waals surface area contributed by atoms with Crippen molar-refractivity contribution >= 4 is 11.6 Å². The topological polar surface area (TPSA) is 21.3 Å². The number of halogens is 1. The van der Waals surface area contributed by atoms with Gasteiger partial charge in [-0.3, -0.25) is 0 Å². The molecule has 2 unspecified atom stereocenters. The number of benzene rings is 1. The van der Waals surface area contributed by atoms with Gasteiger partial charge in [0.25, 0.3) is 0 Å². The van der Waals surface area contributed by atoms with Gasteiger partial charge >= 0.3 is 0 Å². The van der Waals surface area contributed by atoms with Crippen LogP contribution in [0.4, 0.5) is 0 Å². The molecule has 2 atom stereocenters. The molecule has 134 valence electrons. The first kappa shape index (κ1) is 20.6. The molecule has 0 amide bonds. The highest BCUT2D eigenvalue weighted by Gasteiger charge is 2.25. The Hall–Kier alpha value is -1.41. The minimum Gasteiger partial charge on any atom is -0.485 e. The van der Waals surface area contributed by atoms with Crippen LogP contribution < -0.4 is 10.1 Å². The first-order valence-corrected chi connectivity index (χ1v) is 9.21. The Morgan fingerprint density at radius 1 is 1.42 bits per heavy atom. The molecule has 0 aliphatic carbocycles. The van der Waals surface area contributed by atoms with Crippen LogP contribution in [0.15, 0.2) is 42.6 Å². The zero-order chi connectivity index (χ0) is 18.2. The van der Waals surface area contributed by atoms with Gasteiger partial charge in [-0.25, -0.2) is 0 Å². The number of allylic oxidation sites excluding steroid dienone is 2. The van der Waals surface area contributed by atoms with Crippen molar-refractivity contribution in [2.75, 3.05) is 6.54 Å². The quantitative estimate of drug-likeness (QED) is 0.488. The molecule has 1 aromatic carbocycles. The molecule has 1 N–H and O–H groups in total. The Morgan fingerprint density at radius 2 is 2.12 bits per heavy atom. The smallest absolute Gasteiger partial charge is 0.123 e. The highest BCUT2D eigenvalue weighted by Crippen LogP contribution is 2.35. The van der Waals surface area contributed by atoms with Crippen LogP contribution in [0.5, 0.6) is 5.75 Å². The van der Waals surface area contributed by atoms with Crippen molar-refractivity contribution in [2.45, 2.75) is 65.4 Å². The second-order valence-electron chi connectivity index (χ2n) is 6.74. The first-order chi connectivity index (χ1) is 11.3. The van der Waals surface area contributed by atoms with Gasteiger partial charge in [-0.1, -0.05) is 50.6 Å². The number of nitrogens with one attached hydrogen (secondary N) is 1. The molecule has 0 saturated carbocycles. The molecule has 0 fully saturated rings. The van der Waals surface area contributed by atoms with Gasteiger partial charge in [0.2, 0.25) is 0 Å². The van der Waals surface area contributed by atoms with Gasteiger partial charge in [0.15, 0.2) is 0 Å². The van der Waals surface area contributed by atoms with Crippen molar-refractivity contribution in [1.29, 1.82) is 0 Å². The third-order valence-electron chi connectivity index (χ3n) is 4.41. The van der Waals surface area contributed by atoms with E-state index in [0.29, 0.717) is 5.92 Å². The van der Waals surface area contributed by atoms with E-state index in [1.165, 1.54) is 11.1 Å². The summed E-state index contributed by atoms with van der Waals surface area (Å²) in [4.78, 5) is 0. The zero-order valence-electron chi connectivity index (χ0n) is 15.8. The predicted octanol–water partition coefficient (Wildman–Crippen LogP) is 6.47. The second-order valence-corrected chi connectivity index (χ2v) is 7.17. The van der Waals surface area contributed by atoms with E-state index >= 15 is 0 Å². The summed E-state index contributed by atoms with van der Waals surface area (Å²) in [6.45, 7) is 15.3. The molecule has 0 aromatic heterocycles. The second kappa shape index (κ2) is 9.78. The predicted molar refractivity (Wildman–Crippen MR) is 106 cm³/mol. The molecule has 1 aromatic rings. The lowest BCUT2D eigenvalue weighted by Gasteiger charge is -2.31. The fourth-order valence-corrected chi connectivity index (χ4v) is 2.99. The van der Waals surface area contributed by atoms with E-state index in [1.807, 2.05) is 18.2 Å². The van der Waals surface area contributed by atoms with Gasteiger partial charge in [0.1, 0.15) is 11.4 Å². The summed E-state index contributed by atoms with van der Waals surface area (Å²) in [6.07, 6.45) is 6.98. The number of rotatable bonds is 10. The van der Waals surface area contributed by atoms with Crippen LogP contribution in [-0.2, 0) is 0 Å². The molecule has 0 heterocycles. The third-order valence-corrected chi connectivity index (χ3v) is 4.64. The maximum Gasteiger partial charge on any atom is 0.123 e. The summed E-state index contributed by atoms with van der Waals surface area (Å²) >= 11 is 6.25. The monoisotopic (exact) mass is 349 g/mol. The van der Waals surface area contributed by atoms with E-state index in [1.54, 1.807) is 6.20 Å². The molecule has 0 saturated heterocycles. The Labute approximate surface area is 152 Å². The van der Waals surface area contributed by atoms with Crippen molar-refractivity contribution in [3.8, 4) is 5.75 Å². The molecule has 24 heavy (non-hydrogen) atoms. The van der Waals surface area contributed by atoms with Crippen LogP contribution in [0, 0.1) is 0 Å². The number of hydrogen-bond acceptors (Lipinski definition) is 2. The maximum atomic E-state index is 6.41. The largest absolute Gasteiger partial charge is 0.485 e. The summed E-state index contributed by atoms with van der Waals surface area (Å²) in [5.74, 6) is 1.28. The average molecular weight is 350 g/mol. The molecule has 0 bridgehead atoms. The summed E-state index contributed by atoms with van der Waals surface area (Å²) in [5.41, 5.74) is 2.29. The fourth-order valence-electron chi connectivity index (χ4n) is 2.81. The van der Waals surface area contributed by atoms with Crippen LogP contribution in [-0.4, -0.2) is 12.1 Å². The van der Waals surface area contributed by atoms with E-state index in [2.05, 4.69) is 52.6 Å². The van der Waals surface area contributed by atoms with E-state index in [0.717, 1.165) is 36.6 Å². The fraction of sp³-hybridized carbons (Fsp3) is 0.524. The van der Waals surface area contributed by atoms with Gasteiger partial charge in [0, 0.05) is 5.02 Å². The lowest BCUT2D eigenvalue weighted by Crippen LogP contribution is -2.41. The lowest BCUT2D eigenvalue weighted by atomic mass is 9.92. The van der Waals surface area contributed by atoms with Crippen molar-refractivity contribution in [3.63, 3.8) is 0 Å². The van der Waals surface area contributed by atoms with E-state index in [9.17, 15) is 0 Å². The molecule has 3 heteroatoms. The minimum absolute atomic E-state index is 0.287. The summed E-state index contributed by atoms with van der Waals surface area (Å²) < 4.78 is 6.41. The lowest BCUT2D eigenvalue weighted by molar-refractivity contribution is 0.0856. The first-order valence-electron chi connectivity index (χ1n) is 8.83.